The quantitative estimate of drug-likeness (QED) is 0.744. The monoisotopic (exact) mass is 312 g/mol. The third-order valence-electron chi connectivity index (χ3n) is 4.43. The Balaban J connectivity index is 2.49. The Morgan fingerprint density at radius 2 is 1.55 bits per heavy atom. The lowest BCUT2D eigenvalue weighted by molar-refractivity contribution is -0.143. The van der Waals surface area contributed by atoms with Gasteiger partial charge in [-0.3, -0.25) is 14.5 Å². The van der Waals surface area contributed by atoms with E-state index in [-0.39, 0.29) is 11.8 Å². The molecule has 0 bridgehead atoms. The Morgan fingerprint density at radius 1 is 1.05 bits per heavy atom. The maximum atomic E-state index is 12.4. The van der Waals surface area contributed by atoms with Gasteiger partial charge in [0.25, 0.3) is 0 Å². The minimum Gasteiger partial charge on any atom is -0.338 e. The van der Waals surface area contributed by atoms with E-state index >= 15 is 0 Å². The smallest absolute Gasteiger partial charge is 0.242 e. The fourth-order valence-electron chi connectivity index (χ4n) is 2.88. The number of piperazine rings is 1. The standard InChI is InChI=1S/C16H32N4O2/c1-5-8-16(4,17)15(22)20-11-9-19(10-12-20)14(21)13-18(6-2)7-3/h5-13,17H2,1-4H3. The van der Waals surface area contributed by atoms with Crippen molar-refractivity contribution in [1.82, 2.24) is 14.7 Å². The van der Waals surface area contributed by atoms with Gasteiger partial charge in [-0.15, -0.1) is 0 Å². The van der Waals surface area contributed by atoms with Gasteiger partial charge in [0.05, 0.1) is 12.1 Å². The van der Waals surface area contributed by atoms with E-state index in [0.717, 1.165) is 19.5 Å². The number of likely N-dealkylation sites (N-methyl/N-ethyl adjacent to an activating group) is 1. The molecule has 1 saturated heterocycles. The summed E-state index contributed by atoms with van der Waals surface area (Å²) in [6, 6.07) is 0. The lowest BCUT2D eigenvalue weighted by Crippen LogP contribution is -2.59. The molecule has 6 nitrogen and oxygen atoms in total. The highest BCUT2D eigenvalue weighted by molar-refractivity contribution is 5.86. The minimum absolute atomic E-state index is 0.00481. The van der Waals surface area contributed by atoms with Crippen molar-refractivity contribution in [2.24, 2.45) is 5.73 Å². The Bertz CT molecular complexity index is 372. The summed E-state index contributed by atoms with van der Waals surface area (Å²) in [6.45, 7) is 12.5. The molecule has 1 heterocycles. The maximum Gasteiger partial charge on any atom is 0.242 e. The van der Waals surface area contributed by atoms with Crippen molar-refractivity contribution >= 4 is 11.8 Å². The summed E-state index contributed by atoms with van der Waals surface area (Å²) in [5.41, 5.74) is 5.33. The van der Waals surface area contributed by atoms with Crippen LogP contribution in [0.2, 0.25) is 0 Å². The molecule has 1 rings (SSSR count). The molecule has 6 heteroatoms. The third-order valence-corrected chi connectivity index (χ3v) is 4.43. The number of nitrogens with two attached hydrogens (primary N) is 1. The molecule has 1 aliphatic rings. The van der Waals surface area contributed by atoms with E-state index in [1.807, 2.05) is 11.8 Å². The highest BCUT2D eigenvalue weighted by Crippen LogP contribution is 2.14. The molecule has 1 aliphatic heterocycles. The van der Waals surface area contributed by atoms with E-state index in [0.29, 0.717) is 39.1 Å². The predicted octanol–water partition coefficient (Wildman–Crippen LogP) is 0.517. The van der Waals surface area contributed by atoms with Gasteiger partial charge in [0.1, 0.15) is 0 Å². The molecular weight excluding hydrogens is 280 g/mol. The molecule has 0 aliphatic carbocycles. The van der Waals surface area contributed by atoms with E-state index in [9.17, 15) is 9.59 Å². The second-order valence-electron chi connectivity index (χ2n) is 6.30. The zero-order valence-corrected chi connectivity index (χ0v) is 14.6. The largest absolute Gasteiger partial charge is 0.338 e. The van der Waals surface area contributed by atoms with Crippen LogP contribution in [0.5, 0.6) is 0 Å². The second kappa shape index (κ2) is 8.48. The molecule has 1 atom stereocenters. The van der Waals surface area contributed by atoms with Crippen molar-refractivity contribution in [3.8, 4) is 0 Å². The van der Waals surface area contributed by atoms with E-state index in [1.54, 1.807) is 11.8 Å². The van der Waals surface area contributed by atoms with Crippen molar-refractivity contribution in [3.05, 3.63) is 0 Å². The van der Waals surface area contributed by atoms with Crippen molar-refractivity contribution in [1.29, 1.82) is 0 Å². The Labute approximate surface area is 134 Å². The van der Waals surface area contributed by atoms with Gasteiger partial charge < -0.3 is 15.5 Å². The Kier molecular flexibility index (Phi) is 7.29. The summed E-state index contributed by atoms with van der Waals surface area (Å²) in [5.74, 6) is 0.157. The molecule has 0 radical (unpaired) electrons. The number of rotatable bonds is 7. The number of hydrogen-bond acceptors (Lipinski definition) is 4. The van der Waals surface area contributed by atoms with Gasteiger partial charge in [-0.1, -0.05) is 27.2 Å². The average molecular weight is 312 g/mol. The molecule has 128 valence electrons. The number of hydrogen-bond donors (Lipinski definition) is 1. The molecule has 2 N–H and O–H groups in total. The van der Waals surface area contributed by atoms with Crippen LogP contribution >= 0.6 is 0 Å². The summed E-state index contributed by atoms with van der Waals surface area (Å²) in [7, 11) is 0. The van der Waals surface area contributed by atoms with Gasteiger partial charge in [-0.2, -0.15) is 0 Å². The topological polar surface area (TPSA) is 69.9 Å². The molecule has 1 fully saturated rings. The highest BCUT2D eigenvalue weighted by atomic mass is 16.2. The van der Waals surface area contributed by atoms with E-state index < -0.39 is 5.54 Å². The maximum absolute atomic E-state index is 12.4. The molecule has 2 amide bonds. The second-order valence-corrected chi connectivity index (χ2v) is 6.30. The molecular formula is C16H32N4O2. The number of carbonyl (C=O) groups is 2. The van der Waals surface area contributed by atoms with Crippen LogP contribution in [0.3, 0.4) is 0 Å². The van der Waals surface area contributed by atoms with Gasteiger partial charge in [-0.25, -0.2) is 0 Å². The average Bonchev–Trinajstić information content (AvgIpc) is 2.51. The Morgan fingerprint density at radius 3 is 2.00 bits per heavy atom. The van der Waals surface area contributed by atoms with Crippen molar-refractivity contribution in [2.75, 3.05) is 45.8 Å². The molecule has 0 saturated carbocycles. The fraction of sp³-hybridized carbons (Fsp3) is 0.875. The minimum atomic E-state index is -0.790. The van der Waals surface area contributed by atoms with Gasteiger partial charge in [0, 0.05) is 26.2 Å². The summed E-state index contributed by atoms with van der Waals surface area (Å²) in [4.78, 5) is 30.5. The molecule has 22 heavy (non-hydrogen) atoms. The SMILES string of the molecule is CCCC(C)(N)C(=O)N1CCN(C(=O)CN(CC)CC)CC1. The van der Waals surface area contributed by atoms with Gasteiger partial charge in [0.15, 0.2) is 0 Å². The van der Waals surface area contributed by atoms with Gasteiger partial charge >= 0.3 is 0 Å². The van der Waals surface area contributed by atoms with Crippen LogP contribution in [-0.4, -0.2) is 77.9 Å². The predicted molar refractivity (Wildman–Crippen MR) is 88.4 cm³/mol. The lowest BCUT2D eigenvalue weighted by atomic mass is 9.95. The Hall–Kier alpha value is -1.14. The van der Waals surface area contributed by atoms with Crippen LogP contribution < -0.4 is 5.73 Å². The van der Waals surface area contributed by atoms with Crippen molar-refractivity contribution in [3.63, 3.8) is 0 Å². The summed E-state index contributed by atoms with van der Waals surface area (Å²) in [6.07, 6.45) is 1.58. The van der Waals surface area contributed by atoms with Gasteiger partial charge in [0.2, 0.25) is 11.8 Å². The zero-order chi connectivity index (χ0) is 16.8. The van der Waals surface area contributed by atoms with Crippen molar-refractivity contribution in [2.45, 2.75) is 46.1 Å². The van der Waals surface area contributed by atoms with Crippen LogP contribution in [0.1, 0.15) is 40.5 Å². The number of carbonyl (C=O) groups excluding carboxylic acids is 2. The van der Waals surface area contributed by atoms with E-state index in [1.165, 1.54) is 0 Å². The molecule has 1 unspecified atom stereocenters. The number of amides is 2. The van der Waals surface area contributed by atoms with E-state index in [4.69, 9.17) is 5.73 Å². The molecule has 0 aromatic rings. The van der Waals surface area contributed by atoms with Crippen LogP contribution in [0.4, 0.5) is 0 Å². The van der Waals surface area contributed by atoms with Crippen LogP contribution in [0, 0.1) is 0 Å². The van der Waals surface area contributed by atoms with Crippen molar-refractivity contribution < 1.29 is 9.59 Å². The zero-order valence-electron chi connectivity index (χ0n) is 14.6. The molecule has 0 spiro atoms. The normalized spacial score (nSPS) is 18.5. The number of nitrogens with zero attached hydrogens (tertiary/aromatic N) is 3. The first-order valence-electron chi connectivity index (χ1n) is 8.44. The first-order valence-corrected chi connectivity index (χ1v) is 8.44. The fourth-order valence-corrected chi connectivity index (χ4v) is 2.88. The van der Waals surface area contributed by atoms with Crippen LogP contribution in [0.15, 0.2) is 0 Å². The first kappa shape index (κ1) is 18.9. The first-order chi connectivity index (χ1) is 10.4. The highest BCUT2D eigenvalue weighted by Gasteiger charge is 2.34. The van der Waals surface area contributed by atoms with E-state index in [2.05, 4.69) is 18.7 Å². The molecule has 0 aromatic carbocycles. The van der Waals surface area contributed by atoms with Gasteiger partial charge in [-0.05, 0) is 26.4 Å². The lowest BCUT2D eigenvalue weighted by Gasteiger charge is -2.39. The summed E-state index contributed by atoms with van der Waals surface area (Å²) in [5, 5.41) is 0. The third kappa shape index (κ3) is 4.95. The van der Waals surface area contributed by atoms with Crippen LogP contribution in [-0.2, 0) is 9.59 Å². The summed E-state index contributed by atoms with van der Waals surface area (Å²) < 4.78 is 0. The summed E-state index contributed by atoms with van der Waals surface area (Å²) >= 11 is 0. The molecule has 0 aromatic heterocycles. The van der Waals surface area contributed by atoms with Crippen LogP contribution in [0.25, 0.3) is 0 Å².